The number of unbranched alkanes of at least 4 members (excludes halogenated alkanes) is 1. The topological polar surface area (TPSA) is 181 Å². The van der Waals surface area contributed by atoms with Gasteiger partial charge in [-0.05, 0) is 48.8 Å². The number of allylic oxidation sites excluding steroid dienone is 1. The Morgan fingerprint density at radius 2 is 1.92 bits per heavy atom. The molecule has 15 heteroatoms. The number of nitrogens with one attached hydrogen (secondary N) is 3. The molecule has 3 N–H and O–H groups in total. The molecule has 3 heterocycles. The monoisotopic (exact) mass is 739 g/mol. The molecule has 0 radical (unpaired) electrons. The highest BCUT2D eigenvalue weighted by molar-refractivity contribution is 7.91. The highest BCUT2D eigenvalue weighted by Gasteiger charge is 2.62. The van der Waals surface area contributed by atoms with Crippen LogP contribution in [0.1, 0.15) is 88.8 Å². The molecule has 1 aromatic carbocycles. The minimum atomic E-state index is -3.90. The first-order chi connectivity index (χ1) is 24.7. The molecule has 1 aromatic rings. The Balaban J connectivity index is 1.28. The van der Waals surface area contributed by atoms with Gasteiger partial charge in [0.25, 0.3) is 5.91 Å². The third-order valence-electron chi connectivity index (χ3n) is 10.6. The average molecular weight is 740 g/mol. The molecule has 5 atom stereocenters. The van der Waals surface area contributed by atoms with Crippen molar-refractivity contribution in [2.45, 2.75) is 114 Å². The molecule has 3 aliphatic heterocycles. The predicted octanol–water partition coefficient (Wildman–Crippen LogP) is 3.51. The number of hydrogen-bond donors (Lipinski definition) is 3. The fraction of sp³-hybridized carbons (Fsp3) is 0.595. The maximum absolute atomic E-state index is 14.3. The van der Waals surface area contributed by atoms with Gasteiger partial charge in [0.1, 0.15) is 23.7 Å². The molecule has 282 valence electrons. The van der Waals surface area contributed by atoms with Crippen LogP contribution in [0.15, 0.2) is 36.9 Å². The van der Waals surface area contributed by atoms with Gasteiger partial charge in [-0.25, -0.2) is 18.0 Å². The van der Waals surface area contributed by atoms with Crippen LogP contribution in [-0.2, 0) is 47.0 Å². The van der Waals surface area contributed by atoms with E-state index in [0.717, 1.165) is 23.1 Å². The Kier molecular flexibility index (Phi) is 10.5. The Hall–Kier alpha value is -4.40. The van der Waals surface area contributed by atoms with Crippen LogP contribution in [0.3, 0.4) is 0 Å². The molecule has 0 unspecified atom stereocenters. The summed E-state index contributed by atoms with van der Waals surface area (Å²) in [6, 6.07) is 3.64. The Bertz CT molecular complexity index is 1770. The molecule has 4 bridgehead atoms. The fourth-order valence-electron chi connectivity index (χ4n) is 7.22. The van der Waals surface area contributed by atoms with E-state index in [4.69, 9.17) is 9.47 Å². The largest absolute Gasteiger partial charge is 0.449 e. The van der Waals surface area contributed by atoms with Crippen molar-refractivity contribution < 1.29 is 41.9 Å². The summed E-state index contributed by atoms with van der Waals surface area (Å²) in [5.74, 6) is -2.67. The van der Waals surface area contributed by atoms with Gasteiger partial charge in [-0.2, -0.15) is 0 Å². The summed E-state index contributed by atoms with van der Waals surface area (Å²) in [4.78, 5) is 71.4. The van der Waals surface area contributed by atoms with E-state index < -0.39 is 80.2 Å². The molecule has 52 heavy (non-hydrogen) atoms. The molecule has 0 spiro atoms. The summed E-state index contributed by atoms with van der Waals surface area (Å²) in [5, 5.41) is 4.80. The number of rotatable bonds is 9. The number of fused-ring (bicyclic) bond motifs is 3. The van der Waals surface area contributed by atoms with Crippen LogP contribution in [0.5, 0.6) is 0 Å². The van der Waals surface area contributed by atoms with Gasteiger partial charge in [0.05, 0.1) is 24.9 Å². The molecule has 2 aliphatic carbocycles. The van der Waals surface area contributed by atoms with Crippen molar-refractivity contribution in [2.24, 2.45) is 11.3 Å². The van der Waals surface area contributed by atoms with E-state index in [9.17, 15) is 32.4 Å². The van der Waals surface area contributed by atoms with Crippen molar-refractivity contribution in [1.29, 1.82) is 0 Å². The van der Waals surface area contributed by atoms with Crippen LogP contribution >= 0.6 is 0 Å². The zero-order chi connectivity index (χ0) is 37.4. The second kappa shape index (κ2) is 14.6. The third-order valence-corrected chi connectivity index (χ3v) is 12.5. The molecule has 5 aliphatic rings. The van der Waals surface area contributed by atoms with E-state index in [2.05, 4.69) is 21.9 Å². The van der Waals surface area contributed by atoms with E-state index in [-0.39, 0.29) is 32.4 Å². The SMILES string of the molecule is C=C[C@@H]1C[C@]1(NC(=O)[C@@H]1C[C@@H]2CN1C(=O)[C@H](CCCC)NC(=O)OCC(C)(C)CC=Cc1cccc3c1CN(C3)C(=O)O2)C(=O)NS(=O)(=O)C1CC1. The van der Waals surface area contributed by atoms with Gasteiger partial charge in [-0.15, -0.1) is 6.58 Å². The number of carbonyl (C=O) groups excluding carboxylic acids is 5. The van der Waals surface area contributed by atoms with Gasteiger partial charge >= 0.3 is 12.2 Å². The predicted molar refractivity (Wildman–Crippen MR) is 191 cm³/mol. The molecule has 6 rings (SSSR count). The molecular formula is C37H49N5O9S. The summed E-state index contributed by atoms with van der Waals surface area (Å²) < 4.78 is 39.0. The minimum Gasteiger partial charge on any atom is -0.449 e. The first-order valence-corrected chi connectivity index (χ1v) is 19.7. The fourth-order valence-corrected chi connectivity index (χ4v) is 8.58. The molecule has 0 aromatic heterocycles. The highest BCUT2D eigenvalue weighted by atomic mass is 32.2. The van der Waals surface area contributed by atoms with Crippen molar-refractivity contribution in [2.75, 3.05) is 13.2 Å². The van der Waals surface area contributed by atoms with Crippen LogP contribution in [-0.4, -0.2) is 90.3 Å². The van der Waals surface area contributed by atoms with Crippen LogP contribution in [0.4, 0.5) is 9.59 Å². The number of nitrogens with zero attached hydrogens (tertiary/aromatic N) is 2. The standard InChI is InChI=1S/C37H49N5O9S/c1-5-7-13-29-32(44)42-20-26(17-30(42)31(43)39-37(18-25(37)6-2)33(45)40-52(48,49)27-14-15-27)51-35(47)41-19-24-11-8-10-23(28(24)21-41)12-9-16-36(3,4)22-50-34(46)38-29/h6,8-12,25-27,29-30H,2,5,7,13-22H2,1,3-4H3,(H,38,46)(H,39,43)(H,40,45)/t25-,26-,29+,30+,37-/m1/s1. The third kappa shape index (κ3) is 7.98. The summed E-state index contributed by atoms with van der Waals surface area (Å²) in [6.07, 6.45) is 6.40. The van der Waals surface area contributed by atoms with Crippen molar-refractivity contribution in [1.82, 2.24) is 25.2 Å². The number of benzene rings is 1. The summed E-state index contributed by atoms with van der Waals surface area (Å²) >= 11 is 0. The minimum absolute atomic E-state index is 0.0753. The lowest BCUT2D eigenvalue weighted by molar-refractivity contribution is -0.141. The van der Waals surface area contributed by atoms with E-state index in [1.807, 2.05) is 51.1 Å². The van der Waals surface area contributed by atoms with E-state index >= 15 is 0 Å². The Morgan fingerprint density at radius 1 is 1.15 bits per heavy atom. The van der Waals surface area contributed by atoms with Gasteiger partial charge in [0.2, 0.25) is 21.8 Å². The lowest BCUT2D eigenvalue weighted by atomic mass is 9.90. The van der Waals surface area contributed by atoms with Gasteiger partial charge in [-0.1, -0.05) is 70.0 Å². The number of cyclic esters (lactones) is 1. The summed E-state index contributed by atoms with van der Waals surface area (Å²) in [7, 11) is -3.90. The molecule has 1 saturated heterocycles. The van der Waals surface area contributed by atoms with E-state index in [1.54, 1.807) is 4.90 Å². The van der Waals surface area contributed by atoms with Gasteiger partial charge < -0.3 is 25.0 Å². The van der Waals surface area contributed by atoms with Gasteiger partial charge in [0, 0.05) is 24.3 Å². The summed E-state index contributed by atoms with van der Waals surface area (Å²) in [6.45, 7) is 10.3. The van der Waals surface area contributed by atoms with Crippen molar-refractivity contribution in [3.63, 3.8) is 0 Å². The Labute approximate surface area is 304 Å². The molecule has 3 fully saturated rings. The smallest absolute Gasteiger partial charge is 0.410 e. The maximum atomic E-state index is 14.3. The number of ether oxygens (including phenoxy) is 2. The number of carbonyl (C=O) groups is 5. The number of alkyl carbamates (subject to hydrolysis) is 1. The molecule has 14 nitrogen and oxygen atoms in total. The first-order valence-electron chi connectivity index (χ1n) is 18.1. The lowest BCUT2D eigenvalue weighted by Gasteiger charge is -2.30. The van der Waals surface area contributed by atoms with Crippen molar-refractivity contribution in [3.05, 3.63) is 53.6 Å². The molecule has 5 amide bonds. The average Bonchev–Trinajstić information content (AvgIpc) is 3.99. The number of sulfonamides is 1. The van der Waals surface area contributed by atoms with Crippen LogP contribution in [0, 0.1) is 11.3 Å². The quantitative estimate of drug-likeness (QED) is 0.320. The highest BCUT2D eigenvalue weighted by Crippen LogP contribution is 2.45. The van der Waals surface area contributed by atoms with Gasteiger partial charge in [0.15, 0.2) is 0 Å². The van der Waals surface area contributed by atoms with Crippen LogP contribution in [0.2, 0.25) is 0 Å². The zero-order valence-electron chi connectivity index (χ0n) is 30.0. The summed E-state index contributed by atoms with van der Waals surface area (Å²) in [5.41, 5.74) is 0.953. The number of amides is 5. The van der Waals surface area contributed by atoms with Gasteiger partial charge in [-0.3, -0.25) is 24.0 Å². The molecule has 2 saturated carbocycles. The second-order valence-corrected chi connectivity index (χ2v) is 17.4. The van der Waals surface area contributed by atoms with Crippen molar-refractivity contribution >= 4 is 46.0 Å². The number of hydrogen-bond acceptors (Lipinski definition) is 9. The molecular weight excluding hydrogens is 691 g/mol. The van der Waals surface area contributed by atoms with Crippen molar-refractivity contribution in [3.8, 4) is 0 Å². The second-order valence-electron chi connectivity index (χ2n) is 15.5. The van der Waals surface area contributed by atoms with Crippen LogP contribution in [0.25, 0.3) is 6.08 Å². The van der Waals surface area contributed by atoms with E-state index in [0.29, 0.717) is 38.8 Å². The zero-order valence-corrected chi connectivity index (χ0v) is 30.8. The Morgan fingerprint density at radius 3 is 2.62 bits per heavy atom. The normalized spacial score (nSPS) is 28.8. The van der Waals surface area contributed by atoms with E-state index in [1.165, 1.54) is 11.0 Å². The first kappa shape index (κ1) is 37.4. The van der Waals surface area contributed by atoms with Crippen LogP contribution < -0.4 is 15.4 Å². The maximum Gasteiger partial charge on any atom is 0.410 e. The lowest BCUT2D eigenvalue weighted by Crippen LogP contribution is -2.58.